The maximum atomic E-state index is 11.3. The summed E-state index contributed by atoms with van der Waals surface area (Å²) in [4.78, 5) is 22.6. The van der Waals surface area contributed by atoms with Gasteiger partial charge < -0.3 is 10.6 Å². The maximum absolute atomic E-state index is 11.3. The summed E-state index contributed by atoms with van der Waals surface area (Å²) in [5, 5.41) is 9.85. The topological polar surface area (TPSA) is 76.0 Å². The molecule has 0 saturated carbocycles. The second-order valence-corrected chi connectivity index (χ2v) is 3.52. The number of hydrogen-bond acceptors (Lipinski definition) is 3. The Kier molecular flexibility index (Phi) is 2.78. The van der Waals surface area contributed by atoms with Gasteiger partial charge in [0.15, 0.2) is 0 Å². The highest BCUT2D eigenvalue weighted by atomic mass is 16.2. The third-order valence-electron chi connectivity index (χ3n) is 2.39. The molecule has 0 radical (unpaired) electrons. The van der Waals surface area contributed by atoms with Gasteiger partial charge in [0.2, 0.25) is 5.91 Å². The molecule has 0 saturated heterocycles. The lowest BCUT2D eigenvalue weighted by Gasteiger charge is -2.05. The first-order valence-corrected chi connectivity index (χ1v) is 5.10. The number of nitrogens with one attached hydrogen (secondary N) is 2. The molecular weight excluding hydrogens is 220 g/mol. The van der Waals surface area contributed by atoms with E-state index in [1.54, 1.807) is 24.4 Å². The fourth-order valence-corrected chi connectivity index (χ4v) is 1.60. The van der Waals surface area contributed by atoms with E-state index in [9.17, 15) is 9.59 Å². The molecule has 0 fully saturated rings. The van der Waals surface area contributed by atoms with E-state index in [1.165, 1.54) is 18.7 Å². The van der Waals surface area contributed by atoms with Crippen LogP contribution in [-0.2, 0) is 0 Å². The molecule has 17 heavy (non-hydrogen) atoms. The molecule has 1 heterocycles. The van der Waals surface area contributed by atoms with E-state index in [0.717, 1.165) is 5.39 Å². The van der Waals surface area contributed by atoms with Crippen LogP contribution in [0.5, 0.6) is 0 Å². The number of urea groups is 1. The summed E-state index contributed by atoms with van der Waals surface area (Å²) >= 11 is 0. The Balaban J connectivity index is 2.52. The quantitative estimate of drug-likeness (QED) is 0.781. The van der Waals surface area contributed by atoms with Crippen molar-refractivity contribution < 1.29 is 9.59 Å². The fourth-order valence-electron chi connectivity index (χ4n) is 1.60. The van der Waals surface area contributed by atoms with Crippen LogP contribution in [0.25, 0.3) is 10.9 Å². The molecule has 0 atom stereocenters. The number of nitrogens with zero attached hydrogens (tertiary/aromatic N) is 2. The molecule has 6 heteroatoms. The second kappa shape index (κ2) is 4.25. The minimum atomic E-state index is -0.312. The smallest absolute Gasteiger partial charge is 0.318 e. The van der Waals surface area contributed by atoms with Gasteiger partial charge in [0.1, 0.15) is 0 Å². The van der Waals surface area contributed by atoms with Crippen molar-refractivity contribution >= 4 is 28.5 Å². The summed E-state index contributed by atoms with van der Waals surface area (Å²) in [6.07, 6.45) is 1.56. The van der Waals surface area contributed by atoms with Gasteiger partial charge in [-0.2, -0.15) is 5.10 Å². The highest BCUT2D eigenvalue weighted by molar-refractivity contribution is 6.02. The van der Waals surface area contributed by atoms with Crippen LogP contribution < -0.4 is 10.6 Å². The summed E-state index contributed by atoms with van der Waals surface area (Å²) in [6, 6.07) is 4.98. The van der Waals surface area contributed by atoms with Gasteiger partial charge >= 0.3 is 6.03 Å². The lowest BCUT2D eigenvalue weighted by Crippen LogP contribution is -2.24. The molecule has 2 N–H and O–H groups in total. The Morgan fingerprint density at radius 2 is 2.12 bits per heavy atom. The Morgan fingerprint density at radius 1 is 1.35 bits per heavy atom. The molecule has 2 aromatic rings. The lowest BCUT2D eigenvalue weighted by molar-refractivity contribution is 0.0927. The van der Waals surface area contributed by atoms with Gasteiger partial charge in [0.25, 0.3) is 0 Å². The van der Waals surface area contributed by atoms with Crippen molar-refractivity contribution in [3.63, 3.8) is 0 Å². The Hall–Kier alpha value is -2.37. The first-order valence-electron chi connectivity index (χ1n) is 5.10. The van der Waals surface area contributed by atoms with E-state index in [4.69, 9.17) is 0 Å². The third-order valence-corrected chi connectivity index (χ3v) is 2.39. The summed E-state index contributed by atoms with van der Waals surface area (Å²) in [5.41, 5.74) is 1.29. The number of benzene rings is 1. The molecule has 0 spiro atoms. The van der Waals surface area contributed by atoms with Crippen LogP contribution in [0.2, 0.25) is 0 Å². The van der Waals surface area contributed by atoms with Crippen molar-refractivity contribution in [3.8, 4) is 0 Å². The SMILES string of the molecule is CNC(=O)Nc1cccc2c1cnn2C(C)=O. The van der Waals surface area contributed by atoms with E-state index in [2.05, 4.69) is 15.7 Å². The van der Waals surface area contributed by atoms with Gasteiger partial charge in [-0.3, -0.25) is 4.79 Å². The van der Waals surface area contributed by atoms with Crippen molar-refractivity contribution in [2.45, 2.75) is 6.92 Å². The van der Waals surface area contributed by atoms with Crippen molar-refractivity contribution in [2.24, 2.45) is 0 Å². The number of anilines is 1. The largest absolute Gasteiger partial charge is 0.341 e. The second-order valence-electron chi connectivity index (χ2n) is 3.52. The van der Waals surface area contributed by atoms with Crippen LogP contribution in [0, 0.1) is 0 Å². The summed E-state index contributed by atoms with van der Waals surface area (Å²) < 4.78 is 1.30. The third kappa shape index (κ3) is 1.96. The molecular formula is C11H12N4O2. The van der Waals surface area contributed by atoms with Crippen molar-refractivity contribution in [2.75, 3.05) is 12.4 Å². The molecule has 1 aromatic carbocycles. The zero-order chi connectivity index (χ0) is 12.4. The number of aromatic nitrogens is 2. The van der Waals surface area contributed by atoms with Crippen LogP contribution in [-0.4, -0.2) is 28.8 Å². The van der Waals surface area contributed by atoms with Crippen LogP contribution in [0.4, 0.5) is 10.5 Å². The van der Waals surface area contributed by atoms with Crippen LogP contribution in [0.3, 0.4) is 0 Å². The zero-order valence-electron chi connectivity index (χ0n) is 9.52. The van der Waals surface area contributed by atoms with Gasteiger partial charge in [-0.1, -0.05) is 6.07 Å². The summed E-state index contributed by atoms with van der Waals surface area (Å²) in [5.74, 6) is -0.169. The van der Waals surface area contributed by atoms with E-state index >= 15 is 0 Å². The Bertz CT molecular complexity index is 588. The normalized spacial score (nSPS) is 10.2. The monoisotopic (exact) mass is 232 g/mol. The number of hydrogen-bond donors (Lipinski definition) is 2. The molecule has 0 aliphatic carbocycles. The molecule has 1 aromatic heterocycles. The first-order chi connectivity index (χ1) is 8.13. The summed E-state index contributed by atoms with van der Waals surface area (Å²) in [6.45, 7) is 1.44. The highest BCUT2D eigenvalue weighted by Crippen LogP contribution is 2.22. The molecule has 0 unspecified atom stereocenters. The van der Waals surface area contributed by atoms with Gasteiger partial charge in [-0.15, -0.1) is 0 Å². The van der Waals surface area contributed by atoms with Gasteiger partial charge in [-0.25, -0.2) is 9.48 Å². The van der Waals surface area contributed by atoms with Gasteiger partial charge in [-0.05, 0) is 12.1 Å². The average molecular weight is 232 g/mol. The van der Waals surface area contributed by atoms with E-state index < -0.39 is 0 Å². The Labute approximate surface area is 97.6 Å². The molecule has 2 amide bonds. The standard InChI is InChI=1S/C11H12N4O2/c1-7(16)15-10-5-3-4-9(8(10)6-13-15)14-11(17)12-2/h3-6H,1-2H3,(H2,12,14,17). The maximum Gasteiger partial charge on any atom is 0.318 e. The lowest BCUT2D eigenvalue weighted by atomic mass is 10.2. The number of rotatable bonds is 1. The number of carbonyl (C=O) groups excluding carboxylic acids is 2. The highest BCUT2D eigenvalue weighted by Gasteiger charge is 2.10. The molecule has 0 aliphatic rings. The molecule has 0 aliphatic heterocycles. The van der Waals surface area contributed by atoms with Crippen molar-refractivity contribution in [1.82, 2.24) is 15.1 Å². The molecule has 0 bridgehead atoms. The van der Waals surface area contributed by atoms with Crippen LogP contribution >= 0.6 is 0 Å². The zero-order valence-corrected chi connectivity index (χ0v) is 9.52. The minimum absolute atomic E-state index is 0.169. The molecule has 2 rings (SSSR count). The van der Waals surface area contributed by atoms with Crippen molar-refractivity contribution in [3.05, 3.63) is 24.4 Å². The number of carbonyl (C=O) groups is 2. The van der Waals surface area contributed by atoms with Crippen LogP contribution in [0.15, 0.2) is 24.4 Å². The number of fused-ring (bicyclic) bond motifs is 1. The molecule has 88 valence electrons. The fraction of sp³-hybridized carbons (Fsp3) is 0.182. The predicted octanol–water partition coefficient (Wildman–Crippen LogP) is 1.45. The van der Waals surface area contributed by atoms with E-state index in [1.807, 2.05) is 0 Å². The first kappa shape index (κ1) is 11.1. The van der Waals surface area contributed by atoms with Crippen LogP contribution in [0.1, 0.15) is 11.7 Å². The Morgan fingerprint density at radius 3 is 2.76 bits per heavy atom. The van der Waals surface area contributed by atoms with Crippen molar-refractivity contribution in [1.29, 1.82) is 0 Å². The molecule has 6 nitrogen and oxygen atoms in total. The average Bonchev–Trinajstić information content (AvgIpc) is 2.73. The van der Waals surface area contributed by atoms with Gasteiger partial charge in [0, 0.05) is 19.4 Å². The van der Waals surface area contributed by atoms with E-state index in [0.29, 0.717) is 11.2 Å². The van der Waals surface area contributed by atoms with E-state index in [-0.39, 0.29) is 11.9 Å². The van der Waals surface area contributed by atoms with Gasteiger partial charge in [0.05, 0.1) is 17.4 Å². The minimum Gasteiger partial charge on any atom is -0.341 e. The number of amides is 2. The predicted molar refractivity (Wildman–Crippen MR) is 64.1 cm³/mol. The summed E-state index contributed by atoms with van der Waals surface area (Å²) in [7, 11) is 1.54.